The molecule has 1 heterocycles. The van der Waals surface area contributed by atoms with Gasteiger partial charge < -0.3 is 4.90 Å². The summed E-state index contributed by atoms with van der Waals surface area (Å²) in [6, 6.07) is 3.43. The summed E-state index contributed by atoms with van der Waals surface area (Å²) in [5.41, 5.74) is 1.39. The molecule has 16 heavy (non-hydrogen) atoms. The Kier molecular flexibility index (Phi) is 3.72. The number of carbonyl (C=O) groups excluding carboxylic acids is 1. The molecule has 0 bridgehead atoms. The molecule has 1 aromatic carbocycles. The van der Waals surface area contributed by atoms with Crippen LogP contribution in [0.4, 0.5) is 5.69 Å². The van der Waals surface area contributed by atoms with Gasteiger partial charge >= 0.3 is 0 Å². The van der Waals surface area contributed by atoms with Crippen molar-refractivity contribution in [2.75, 3.05) is 18.0 Å². The molecule has 1 aromatic rings. The SMILES string of the molecule is O=Cc1cc(Cl)c(N2CCCCC2)cc1Cl. The Labute approximate surface area is 105 Å². The zero-order valence-electron chi connectivity index (χ0n) is 8.88. The maximum atomic E-state index is 10.7. The fraction of sp³-hybridized carbons (Fsp3) is 0.417. The van der Waals surface area contributed by atoms with Crippen LogP contribution >= 0.6 is 23.2 Å². The maximum Gasteiger partial charge on any atom is 0.151 e. The Morgan fingerprint density at radius 2 is 1.75 bits per heavy atom. The molecule has 86 valence electrons. The number of nitrogens with zero attached hydrogens (tertiary/aromatic N) is 1. The van der Waals surface area contributed by atoms with Crippen LogP contribution in [0.5, 0.6) is 0 Å². The van der Waals surface area contributed by atoms with Crippen LogP contribution in [-0.4, -0.2) is 19.4 Å². The summed E-state index contributed by atoms with van der Waals surface area (Å²) in [7, 11) is 0. The van der Waals surface area contributed by atoms with E-state index in [1.807, 2.05) is 0 Å². The Morgan fingerprint density at radius 1 is 1.06 bits per heavy atom. The summed E-state index contributed by atoms with van der Waals surface area (Å²) in [6.45, 7) is 2.02. The van der Waals surface area contributed by atoms with Crippen LogP contribution in [0.15, 0.2) is 12.1 Å². The van der Waals surface area contributed by atoms with E-state index in [1.165, 1.54) is 19.3 Å². The number of halogens is 2. The molecule has 0 N–H and O–H groups in total. The zero-order chi connectivity index (χ0) is 11.5. The molecule has 0 aliphatic carbocycles. The van der Waals surface area contributed by atoms with Crippen molar-refractivity contribution in [1.82, 2.24) is 0 Å². The number of anilines is 1. The van der Waals surface area contributed by atoms with Gasteiger partial charge in [-0.25, -0.2) is 0 Å². The Morgan fingerprint density at radius 3 is 2.38 bits per heavy atom. The minimum Gasteiger partial charge on any atom is -0.370 e. The van der Waals surface area contributed by atoms with Crippen LogP contribution < -0.4 is 4.90 Å². The monoisotopic (exact) mass is 257 g/mol. The fourth-order valence-electron chi connectivity index (χ4n) is 2.02. The summed E-state index contributed by atoms with van der Waals surface area (Å²) < 4.78 is 0. The highest BCUT2D eigenvalue weighted by atomic mass is 35.5. The first-order valence-electron chi connectivity index (χ1n) is 5.41. The fourth-order valence-corrected chi connectivity index (χ4v) is 2.51. The second-order valence-corrected chi connectivity index (χ2v) is 4.81. The van der Waals surface area contributed by atoms with Crippen molar-refractivity contribution in [1.29, 1.82) is 0 Å². The third-order valence-electron chi connectivity index (χ3n) is 2.89. The summed E-state index contributed by atoms with van der Waals surface area (Å²) in [5, 5.41) is 1.08. The van der Waals surface area contributed by atoms with Gasteiger partial charge in [0, 0.05) is 18.7 Å². The van der Waals surface area contributed by atoms with Gasteiger partial charge in [0.25, 0.3) is 0 Å². The van der Waals surface area contributed by atoms with Crippen LogP contribution in [0, 0.1) is 0 Å². The van der Waals surface area contributed by atoms with Crippen molar-refractivity contribution in [2.24, 2.45) is 0 Å². The quantitative estimate of drug-likeness (QED) is 0.752. The van der Waals surface area contributed by atoms with Gasteiger partial charge in [0.05, 0.1) is 15.7 Å². The van der Waals surface area contributed by atoms with E-state index in [0.717, 1.165) is 25.1 Å². The molecule has 2 rings (SSSR count). The van der Waals surface area contributed by atoms with Gasteiger partial charge in [-0.15, -0.1) is 0 Å². The minimum atomic E-state index is 0.451. The van der Waals surface area contributed by atoms with Crippen molar-refractivity contribution in [3.63, 3.8) is 0 Å². The van der Waals surface area contributed by atoms with Gasteiger partial charge in [-0.1, -0.05) is 23.2 Å². The molecule has 0 aromatic heterocycles. The van der Waals surface area contributed by atoms with Crippen LogP contribution in [0.3, 0.4) is 0 Å². The number of piperidine rings is 1. The molecule has 1 saturated heterocycles. The number of hydrogen-bond donors (Lipinski definition) is 0. The van der Waals surface area contributed by atoms with Crippen molar-refractivity contribution < 1.29 is 4.79 Å². The first kappa shape index (κ1) is 11.7. The predicted octanol–water partition coefficient (Wildman–Crippen LogP) is 3.80. The Hall–Kier alpha value is -0.730. The number of benzene rings is 1. The molecule has 0 spiro atoms. The van der Waals surface area contributed by atoms with Crippen LogP contribution in [0.25, 0.3) is 0 Å². The van der Waals surface area contributed by atoms with Crippen LogP contribution in [0.1, 0.15) is 29.6 Å². The average molecular weight is 258 g/mol. The topological polar surface area (TPSA) is 20.3 Å². The molecule has 2 nitrogen and oxygen atoms in total. The molecule has 1 aliphatic rings. The van der Waals surface area contributed by atoms with E-state index in [9.17, 15) is 4.79 Å². The largest absolute Gasteiger partial charge is 0.370 e. The summed E-state index contributed by atoms with van der Waals surface area (Å²) in [6.07, 6.45) is 4.37. The lowest BCUT2D eigenvalue weighted by Crippen LogP contribution is -2.29. The molecule has 0 atom stereocenters. The highest BCUT2D eigenvalue weighted by Crippen LogP contribution is 2.32. The highest BCUT2D eigenvalue weighted by Gasteiger charge is 2.15. The number of hydrogen-bond acceptors (Lipinski definition) is 2. The Bertz CT molecular complexity index is 400. The third kappa shape index (κ3) is 2.33. The predicted molar refractivity (Wildman–Crippen MR) is 67.9 cm³/mol. The molecule has 0 saturated carbocycles. The van der Waals surface area contributed by atoms with E-state index < -0.39 is 0 Å². The van der Waals surface area contributed by atoms with E-state index >= 15 is 0 Å². The summed E-state index contributed by atoms with van der Waals surface area (Å²) in [5.74, 6) is 0. The molecule has 0 amide bonds. The lowest BCUT2D eigenvalue weighted by Gasteiger charge is -2.29. The Balaban J connectivity index is 2.33. The van der Waals surface area contributed by atoms with Crippen LogP contribution in [-0.2, 0) is 0 Å². The molecule has 4 heteroatoms. The lowest BCUT2D eigenvalue weighted by molar-refractivity contribution is 0.112. The second kappa shape index (κ2) is 5.07. The molecular formula is C12H13Cl2NO. The third-order valence-corrected chi connectivity index (χ3v) is 3.52. The highest BCUT2D eigenvalue weighted by molar-refractivity contribution is 6.37. The van der Waals surface area contributed by atoms with E-state index in [1.54, 1.807) is 12.1 Å². The zero-order valence-corrected chi connectivity index (χ0v) is 10.4. The average Bonchev–Trinajstić information content (AvgIpc) is 2.32. The van der Waals surface area contributed by atoms with E-state index in [4.69, 9.17) is 23.2 Å². The van der Waals surface area contributed by atoms with Crippen molar-refractivity contribution >= 4 is 35.2 Å². The van der Waals surface area contributed by atoms with Crippen LogP contribution in [0.2, 0.25) is 10.0 Å². The van der Waals surface area contributed by atoms with Crippen molar-refractivity contribution in [3.8, 4) is 0 Å². The normalized spacial score (nSPS) is 16.2. The maximum absolute atomic E-state index is 10.7. The van der Waals surface area contributed by atoms with Gasteiger partial charge in [0.1, 0.15) is 0 Å². The van der Waals surface area contributed by atoms with Gasteiger partial charge in [0.15, 0.2) is 6.29 Å². The van der Waals surface area contributed by atoms with Crippen molar-refractivity contribution in [2.45, 2.75) is 19.3 Å². The smallest absolute Gasteiger partial charge is 0.151 e. The van der Waals surface area contributed by atoms with Gasteiger partial charge in [-0.3, -0.25) is 4.79 Å². The van der Waals surface area contributed by atoms with Gasteiger partial charge in [0.2, 0.25) is 0 Å². The standard InChI is InChI=1S/C12H13Cl2NO/c13-10-7-12(11(14)6-9(10)8-16)15-4-2-1-3-5-15/h6-8H,1-5H2. The lowest BCUT2D eigenvalue weighted by atomic mass is 10.1. The first-order chi connectivity index (χ1) is 7.72. The second-order valence-electron chi connectivity index (χ2n) is 3.99. The van der Waals surface area contributed by atoms with Gasteiger partial charge in [-0.2, -0.15) is 0 Å². The van der Waals surface area contributed by atoms with E-state index in [0.29, 0.717) is 15.6 Å². The first-order valence-corrected chi connectivity index (χ1v) is 6.17. The summed E-state index contributed by atoms with van der Waals surface area (Å²) >= 11 is 12.2. The molecular weight excluding hydrogens is 245 g/mol. The number of aldehydes is 1. The van der Waals surface area contributed by atoms with E-state index in [2.05, 4.69) is 4.90 Å². The van der Waals surface area contributed by atoms with E-state index in [-0.39, 0.29) is 0 Å². The van der Waals surface area contributed by atoms with Gasteiger partial charge in [-0.05, 0) is 31.4 Å². The molecule has 0 unspecified atom stereocenters. The minimum absolute atomic E-state index is 0.451. The molecule has 0 radical (unpaired) electrons. The molecule has 1 aliphatic heterocycles. The number of carbonyl (C=O) groups is 1. The van der Waals surface area contributed by atoms with Crippen molar-refractivity contribution in [3.05, 3.63) is 27.7 Å². The number of rotatable bonds is 2. The molecule has 1 fully saturated rings. The summed E-state index contributed by atoms with van der Waals surface area (Å²) in [4.78, 5) is 12.9.